The number of rotatable bonds is 8. The van der Waals surface area contributed by atoms with Gasteiger partial charge in [-0.1, -0.05) is 0 Å². The Balaban J connectivity index is 1.64. The van der Waals surface area contributed by atoms with Crippen LogP contribution in [0.5, 0.6) is 17.5 Å². The van der Waals surface area contributed by atoms with Gasteiger partial charge in [0.1, 0.15) is 18.2 Å². The number of nitrogens with zero attached hydrogens (tertiary/aromatic N) is 4. The van der Waals surface area contributed by atoms with Crippen molar-refractivity contribution in [2.24, 2.45) is 0 Å². The van der Waals surface area contributed by atoms with Crippen molar-refractivity contribution in [3.05, 3.63) is 29.7 Å². The van der Waals surface area contributed by atoms with Gasteiger partial charge < -0.3 is 29.5 Å². The van der Waals surface area contributed by atoms with Crippen molar-refractivity contribution in [1.29, 1.82) is 0 Å². The second-order valence-electron chi connectivity index (χ2n) is 7.00. The number of hydrogen-bond acceptors (Lipinski definition) is 8. The van der Waals surface area contributed by atoms with Crippen LogP contribution >= 0.6 is 0 Å². The number of carboxylic acid groups (broad SMARTS) is 1. The molecule has 0 aliphatic carbocycles. The second kappa shape index (κ2) is 10.1. The number of methoxy groups -OCH3 is 1. The first kappa shape index (κ1) is 21.6. The van der Waals surface area contributed by atoms with E-state index in [0.29, 0.717) is 62.2 Å². The fourth-order valence-electron chi connectivity index (χ4n) is 3.10. The molecule has 2 aromatic heterocycles. The molecular formula is C20H27N5O5. The molecule has 3 rings (SSSR count). The lowest BCUT2D eigenvalue weighted by molar-refractivity contribution is 0.0864. The number of likely N-dealkylation sites (tertiary alicyclic amines) is 1. The third-order valence-corrected chi connectivity index (χ3v) is 4.84. The number of ether oxygens (including phenoxy) is 3. The highest BCUT2D eigenvalue weighted by atomic mass is 16.5. The first-order chi connectivity index (χ1) is 14.5. The van der Waals surface area contributed by atoms with Gasteiger partial charge in [-0.05, 0) is 26.0 Å². The smallest absolute Gasteiger partial charge is 0.407 e. The number of hydrogen-bond donors (Lipinski definition) is 2. The van der Waals surface area contributed by atoms with Crippen LogP contribution in [-0.2, 0) is 4.74 Å². The summed E-state index contributed by atoms with van der Waals surface area (Å²) in [6, 6.07) is 3.67. The minimum Gasteiger partial charge on any atom is -0.474 e. The number of anilines is 1. The van der Waals surface area contributed by atoms with Crippen LogP contribution in [0.25, 0.3) is 0 Å². The molecule has 0 spiro atoms. The average Bonchev–Trinajstić information content (AvgIpc) is 2.73. The average molecular weight is 417 g/mol. The van der Waals surface area contributed by atoms with E-state index in [0.717, 1.165) is 11.5 Å². The fraction of sp³-hybridized carbons (Fsp3) is 0.500. The van der Waals surface area contributed by atoms with Gasteiger partial charge in [-0.2, -0.15) is 0 Å². The van der Waals surface area contributed by atoms with Crippen LogP contribution in [0, 0.1) is 13.8 Å². The van der Waals surface area contributed by atoms with Crippen LogP contribution in [0.1, 0.15) is 24.1 Å². The third kappa shape index (κ3) is 5.47. The Bertz CT molecular complexity index is 871. The first-order valence-corrected chi connectivity index (χ1v) is 9.82. The molecule has 0 radical (unpaired) electrons. The van der Waals surface area contributed by atoms with Gasteiger partial charge in [-0.3, -0.25) is 0 Å². The summed E-state index contributed by atoms with van der Waals surface area (Å²) < 4.78 is 17.0. The molecule has 1 saturated heterocycles. The lowest BCUT2D eigenvalue weighted by Gasteiger charge is -2.30. The van der Waals surface area contributed by atoms with Crippen molar-refractivity contribution in [2.45, 2.75) is 32.8 Å². The van der Waals surface area contributed by atoms with Crippen molar-refractivity contribution in [1.82, 2.24) is 19.9 Å². The molecule has 10 heteroatoms. The number of piperidine rings is 1. The summed E-state index contributed by atoms with van der Waals surface area (Å²) in [6.07, 6.45) is 1.64. The SMILES string of the molecule is COCCNc1ccc(Oc2ncnc(OC3CCN(C(=O)O)CC3)c2C)c(C)n1. The maximum atomic E-state index is 11.0. The van der Waals surface area contributed by atoms with E-state index < -0.39 is 6.09 Å². The van der Waals surface area contributed by atoms with Gasteiger partial charge >= 0.3 is 6.09 Å². The van der Waals surface area contributed by atoms with Crippen molar-refractivity contribution in [2.75, 3.05) is 38.7 Å². The van der Waals surface area contributed by atoms with Crippen LogP contribution in [0.15, 0.2) is 18.5 Å². The quantitative estimate of drug-likeness (QED) is 0.625. The largest absolute Gasteiger partial charge is 0.474 e. The van der Waals surface area contributed by atoms with Gasteiger partial charge in [0.25, 0.3) is 0 Å². The van der Waals surface area contributed by atoms with Gasteiger partial charge in [0.05, 0.1) is 17.9 Å². The lowest BCUT2D eigenvalue weighted by atomic mass is 10.1. The zero-order valence-electron chi connectivity index (χ0n) is 17.4. The summed E-state index contributed by atoms with van der Waals surface area (Å²) in [5.74, 6) is 2.17. The van der Waals surface area contributed by atoms with Crippen molar-refractivity contribution in [3.8, 4) is 17.5 Å². The summed E-state index contributed by atoms with van der Waals surface area (Å²) >= 11 is 0. The van der Waals surface area contributed by atoms with Gasteiger partial charge in [-0.25, -0.2) is 19.7 Å². The predicted molar refractivity (Wildman–Crippen MR) is 109 cm³/mol. The highest BCUT2D eigenvalue weighted by Gasteiger charge is 2.25. The van der Waals surface area contributed by atoms with Gasteiger partial charge in [0, 0.05) is 39.6 Å². The van der Waals surface area contributed by atoms with Crippen LogP contribution in [0.2, 0.25) is 0 Å². The molecule has 2 aromatic rings. The molecule has 10 nitrogen and oxygen atoms in total. The van der Waals surface area contributed by atoms with Crippen LogP contribution in [-0.4, -0.2) is 70.5 Å². The Hall–Kier alpha value is -3.14. The Labute approximate surface area is 175 Å². The van der Waals surface area contributed by atoms with Crippen molar-refractivity contribution < 1.29 is 24.1 Å². The van der Waals surface area contributed by atoms with Crippen molar-refractivity contribution in [3.63, 3.8) is 0 Å². The lowest BCUT2D eigenvalue weighted by Crippen LogP contribution is -2.41. The molecule has 1 aliphatic heterocycles. The molecule has 1 aliphatic rings. The minimum absolute atomic E-state index is 0.0945. The Kier molecular flexibility index (Phi) is 7.23. The van der Waals surface area contributed by atoms with Gasteiger partial charge in [0.15, 0.2) is 5.75 Å². The van der Waals surface area contributed by atoms with Crippen LogP contribution in [0.4, 0.5) is 10.6 Å². The molecular weight excluding hydrogens is 390 g/mol. The highest BCUT2D eigenvalue weighted by Crippen LogP contribution is 2.30. The van der Waals surface area contributed by atoms with E-state index in [1.54, 1.807) is 7.11 Å². The number of amides is 1. The monoisotopic (exact) mass is 417 g/mol. The minimum atomic E-state index is -0.897. The Morgan fingerprint density at radius 1 is 1.23 bits per heavy atom. The molecule has 1 fully saturated rings. The van der Waals surface area contributed by atoms with E-state index in [1.165, 1.54) is 11.2 Å². The molecule has 0 saturated carbocycles. The molecule has 0 atom stereocenters. The van der Waals surface area contributed by atoms with Gasteiger partial charge in [-0.15, -0.1) is 0 Å². The molecule has 30 heavy (non-hydrogen) atoms. The number of nitrogens with one attached hydrogen (secondary N) is 1. The summed E-state index contributed by atoms with van der Waals surface area (Å²) in [7, 11) is 1.65. The number of carbonyl (C=O) groups is 1. The zero-order valence-corrected chi connectivity index (χ0v) is 17.4. The van der Waals surface area contributed by atoms with Crippen LogP contribution < -0.4 is 14.8 Å². The molecule has 1 amide bonds. The summed E-state index contributed by atoms with van der Waals surface area (Å²) in [6.45, 7) is 5.85. The van der Waals surface area contributed by atoms with E-state index in [1.807, 2.05) is 26.0 Å². The van der Waals surface area contributed by atoms with E-state index >= 15 is 0 Å². The summed E-state index contributed by atoms with van der Waals surface area (Å²) in [5, 5.41) is 12.2. The standard InChI is InChI=1S/C20H27N5O5/c1-13-18(29-15-6-9-25(10-7-15)20(26)27)22-12-23-19(13)30-16-4-5-17(24-14(16)2)21-8-11-28-3/h4-5,12,15H,6-11H2,1-3H3,(H,21,24)(H,26,27). The first-order valence-electron chi connectivity index (χ1n) is 9.82. The molecule has 0 bridgehead atoms. The normalized spacial score (nSPS) is 14.4. The zero-order chi connectivity index (χ0) is 21.5. The van der Waals surface area contributed by atoms with E-state index in [2.05, 4.69) is 20.3 Å². The number of aromatic nitrogens is 3. The van der Waals surface area contributed by atoms with Crippen LogP contribution in [0.3, 0.4) is 0 Å². The van der Waals surface area contributed by atoms with E-state index in [-0.39, 0.29) is 6.10 Å². The topological polar surface area (TPSA) is 119 Å². The third-order valence-electron chi connectivity index (χ3n) is 4.84. The molecule has 162 valence electrons. The molecule has 0 aromatic carbocycles. The Morgan fingerprint density at radius 3 is 2.63 bits per heavy atom. The highest BCUT2D eigenvalue weighted by molar-refractivity contribution is 5.65. The molecule has 2 N–H and O–H groups in total. The summed E-state index contributed by atoms with van der Waals surface area (Å²) in [4.78, 5) is 25.4. The van der Waals surface area contributed by atoms with Gasteiger partial charge in [0.2, 0.25) is 11.8 Å². The maximum Gasteiger partial charge on any atom is 0.407 e. The predicted octanol–water partition coefficient (Wildman–Crippen LogP) is 2.86. The fourth-order valence-corrected chi connectivity index (χ4v) is 3.10. The molecule has 0 unspecified atom stereocenters. The number of pyridine rings is 1. The van der Waals surface area contributed by atoms with E-state index in [9.17, 15) is 4.79 Å². The second-order valence-corrected chi connectivity index (χ2v) is 7.00. The van der Waals surface area contributed by atoms with E-state index in [4.69, 9.17) is 19.3 Å². The summed E-state index contributed by atoms with van der Waals surface area (Å²) in [5.41, 5.74) is 1.40. The number of aryl methyl sites for hydroxylation is 1. The van der Waals surface area contributed by atoms with Crippen molar-refractivity contribution >= 4 is 11.9 Å². The maximum absolute atomic E-state index is 11.0. The Morgan fingerprint density at radius 2 is 1.97 bits per heavy atom. The molecule has 3 heterocycles.